The van der Waals surface area contributed by atoms with Gasteiger partial charge in [-0.3, -0.25) is 10.2 Å². The summed E-state index contributed by atoms with van der Waals surface area (Å²) in [7, 11) is 0. The van der Waals surface area contributed by atoms with Gasteiger partial charge >= 0.3 is 0 Å². The van der Waals surface area contributed by atoms with Gasteiger partial charge in [0.2, 0.25) is 0 Å². The third-order valence-electron chi connectivity index (χ3n) is 6.70. The number of rotatable bonds is 7. The van der Waals surface area contributed by atoms with E-state index in [2.05, 4.69) is 51.9 Å². The van der Waals surface area contributed by atoms with Crippen LogP contribution < -0.4 is 10.2 Å². The summed E-state index contributed by atoms with van der Waals surface area (Å²) in [5, 5.41) is 23.0. The van der Waals surface area contributed by atoms with Gasteiger partial charge in [-0.1, -0.05) is 19.1 Å². The van der Waals surface area contributed by atoms with Crippen LogP contribution in [0.3, 0.4) is 0 Å². The zero-order valence-electron chi connectivity index (χ0n) is 19.5. The van der Waals surface area contributed by atoms with Gasteiger partial charge in [0.05, 0.1) is 35.5 Å². The smallest absolute Gasteiger partial charge is 0.135 e. The molecule has 2 heterocycles. The summed E-state index contributed by atoms with van der Waals surface area (Å²) >= 11 is 0. The molecule has 0 amide bonds. The molecule has 0 radical (unpaired) electrons. The fourth-order valence-corrected chi connectivity index (χ4v) is 5.06. The first kappa shape index (κ1) is 23.3. The molecule has 1 fully saturated rings. The van der Waals surface area contributed by atoms with Crippen molar-refractivity contribution in [3.63, 3.8) is 0 Å². The summed E-state index contributed by atoms with van der Waals surface area (Å²) in [6.45, 7) is 9.40. The maximum Gasteiger partial charge on any atom is 0.135 e. The minimum atomic E-state index is -0.515. The van der Waals surface area contributed by atoms with Crippen LogP contribution in [-0.4, -0.2) is 64.6 Å². The summed E-state index contributed by atoms with van der Waals surface area (Å²) < 4.78 is 0. The molecule has 1 aromatic heterocycles. The maximum atomic E-state index is 12.2. The number of piperazine rings is 1. The number of carbonyl (C=O) groups excluding carboxylic acids is 1. The first-order valence-corrected chi connectivity index (χ1v) is 11.7. The van der Waals surface area contributed by atoms with Gasteiger partial charge in [0.15, 0.2) is 0 Å². The number of aliphatic hydroxyl groups excluding tert-OH is 1. The highest BCUT2D eigenvalue weighted by molar-refractivity contribution is 5.64. The van der Waals surface area contributed by atoms with Crippen molar-refractivity contribution in [3.05, 3.63) is 53.0 Å². The highest BCUT2D eigenvalue weighted by Gasteiger charge is 2.35. The number of nitrogens with one attached hydrogen (secondary N) is 1. The fourth-order valence-electron chi connectivity index (χ4n) is 5.06. The Balaban J connectivity index is 1.52. The lowest BCUT2D eigenvalue weighted by Gasteiger charge is -2.43. The Morgan fingerprint density at radius 1 is 1.18 bits per heavy atom. The Morgan fingerprint density at radius 2 is 1.88 bits per heavy atom. The minimum absolute atomic E-state index is 0.144. The molecule has 1 aliphatic carbocycles. The summed E-state index contributed by atoms with van der Waals surface area (Å²) in [5.41, 5.74) is 3.32. The van der Waals surface area contributed by atoms with Gasteiger partial charge < -0.3 is 14.8 Å². The van der Waals surface area contributed by atoms with Crippen molar-refractivity contribution in [2.24, 2.45) is 0 Å². The zero-order chi connectivity index (χ0) is 23.5. The summed E-state index contributed by atoms with van der Waals surface area (Å²) in [4.78, 5) is 25.7. The van der Waals surface area contributed by atoms with Gasteiger partial charge in [-0.2, -0.15) is 5.26 Å². The van der Waals surface area contributed by atoms with Crippen molar-refractivity contribution in [3.8, 4) is 6.07 Å². The quantitative estimate of drug-likeness (QED) is 0.622. The molecule has 1 aromatic carbocycles. The number of hydrogen-bond donors (Lipinski definition) is 2. The van der Waals surface area contributed by atoms with Crippen LogP contribution in [0.1, 0.15) is 67.5 Å². The monoisotopic (exact) mass is 448 g/mol. The lowest BCUT2D eigenvalue weighted by atomic mass is 9.94. The van der Waals surface area contributed by atoms with Gasteiger partial charge in [0.1, 0.15) is 18.4 Å². The van der Waals surface area contributed by atoms with Crippen LogP contribution in [0, 0.1) is 11.3 Å². The largest absolute Gasteiger partial charge is 0.387 e. The standard InChI is InChI=1S/C25H32N6O2/c1-16(2)29-24(20(14-32)19-6-4-18(13-26)5-7-19)30-8-10-31(11-9-30)25-22-17(3)12-21(33)23(22)27-15-28-25/h4-7,14-17,20-21,24,29,33H,8-12H2,1-3H3/t17-,20?,21-,24?/m1/s1. The molecule has 2 unspecified atom stereocenters. The normalized spacial score (nSPS) is 22.6. The molecule has 0 saturated carbocycles. The van der Waals surface area contributed by atoms with Crippen LogP contribution in [0.2, 0.25) is 0 Å². The van der Waals surface area contributed by atoms with Crippen molar-refractivity contribution in [1.29, 1.82) is 5.26 Å². The van der Waals surface area contributed by atoms with Crippen LogP contribution in [0.15, 0.2) is 30.6 Å². The number of nitriles is 1. The second-order valence-corrected chi connectivity index (χ2v) is 9.33. The second kappa shape index (κ2) is 9.96. The van der Waals surface area contributed by atoms with Crippen LogP contribution >= 0.6 is 0 Å². The maximum absolute atomic E-state index is 12.2. The SMILES string of the molecule is CC(C)NC(C(C=O)c1ccc(C#N)cc1)N1CCN(c2ncnc3c2[C@H](C)C[C@H]3O)CC1. The van der Waals surface area contributed by atoms with E-state index < -0.39 is 6.10 Å². The number of hydrogen-bond acceptors (Lipinski definition) is 8. The first-order chi connectivity index (χ1) is 15.9. The lowest BCUT2D eigenvalue weighted by Crippen LogP contribution is -2.58. The third kappa shape index (κ3) is 4.76. The van der Waals surface area contributed by atoms with Crippen molar-refractivity contribution < 1.29 is 9.90 Å². The van der Waals surface area contributed by atoms with E-state index in [1.807, 2.05) is 12.1 Å². The predicted molar refractivity (Wildman–Crippen MR) is 126 cm³/mol. The summed E-state index contributed by atoms with van der Waals surface area (Å²) in [5.74, 6) is 0.816. The van der Waals surface area contributed by atoms with E-state index >= 15 is 0 Å². The van der Waals surface area contributed by atoms with Gasteiger partial charge in [0.25, 0.3) is 0 Å². The van der Waals surface area contributed by atoms with E-state index in [4.69, 9.17) is 5.26 Å². The van der Waals surface area contributed by atoms with Crippen molar-refractivity contribution in [2.75, 3.05) is 31.1 Å². The minimum Gasteiger partial charge on any atom is -0.387 e. The molecule has 1 saturated heterocycles. The number of aromatic nitrogens is 2. The Kier molecular flexibility index (Phi) is 7.03. The van der Waals surface area contributed by atoms with Crippen LogP contribution in [0.4, 0.5) is 5.82 Å². The molecule has 0 spiro atoms. The Morgan fingerprint density at radius 3 is 2.48 bits per heavy atom. The van der Waals surface area contributed by atoms with Gasteiger partial charge in [-0.15, -0.1) is 0 Å². The highest BCUT2D eigenvalue weighted by Crippen LogP contribution is 2.42. The average molecular weight is 449 g/mol. The number of benzene rings is 1. The van der Waals surface area contributed by atoms with Crippen LogP contribution in [0.5, 0.6) is 0 Å². The molecule has 2 N–H and O–H groups in total. The molecule has 4 rings (SSSR count). The molecule has 33 heavy (non-hydrogen) atoms. The van der Waals surface area contributed by atoms with E-state index in [0.717, 1.165) is 55.1 Å². The summed E-state index contributed by atoms with van der Waals surface area (Å²) in [6.07, 6.45) is 2.59. The van der Waals surface area contributed by atoms with E-state index in [1.165, 1.54) is 0 Å². The molecule has 2 aromatic rings. The molecule has 0 bridgehead atoms. The van der Waals surface area contributed by atoms with Crippen LogP contribution in [-0.2, 0) is 4.79 Å². The first-order valence-electron chi connectivity index (χ1n) is 11.7. The molecular weight excluding hydrogens is 416 g/mol. The van der Waals surface area contributed by atoms with Gasteiger partial charge in [0, 0.05) is 37.8 Å². The lowest BCUT2D eigenvalue weighted by molar-refractivity contribution is -0.111. The predicted octanol–water partition coefficient (Wildman–Crippen LogP) is 2.32. The van der Waals surface area contributed by atoms with E-state index in [0.29, 0.717) is 12.0 Å². The molecular formula is C25H32N6O2. The fraction of sp³-hybridized carbons (Fsp3) is 0.520. The molecule has 2 aliphatic rings. The number of anilines is 1. The Bertz CT molecular complexity index is 1010. The van der Waals surface area contributed by atoms with E-state index in [1.54, 1.807) is 18.5 Å². The molecule has 4 atom stereocenters. The highest BCUT2D eigenvalue weighted by atomic mass is 16.3. The molecule has 1 aliphatic heterocycles. The molecule has 8 nitrogen and oxygen atoms in total. The van der Waals surface area contributed by atoms with Crippen molar-refractivity contribution in [2.45, 2.75) is 57.3 Å². The number of aldehydes is 1. The topological polar surface area (TPSA) is 105 Å². The average Bonchev–Trinajstić information content (AvgIpc) is 3.13. The Hall–Kier alpha value is -2.86. The number of carbonyl (C=O) groups is 1. The van der Waals surface area contributed by atoms with E-state index in [-0.39, 0.29) is 24.0 Å². The molecule has 174 valence electrons. The number of nitrogens with zero attached hydrogens (tertiary/aromatic N) is 5. The molecule has 8 heteroatoms. The van der Waals surface area contributed by atoms with Gasteiger partial charge in [-0.05, 0) is 43.9 Å². The van der Waals surface area contributed by atoms with E-state index in [9.17, 15) is 9.90 Å². The third-order valence-corrected chi connectivity index (χ3v) is 6.70. The van der Waals surface area contributed by atoms with Crippen molar-refractivity contribution in [1.82, 2.24) is 20.2 Å². The van der Waals surface area contributed by atoms with Gasteiger partial charge in [-0.25, -0.2) is 9.97 Å². The second-order valence-electron chi connectivity index (χ2n) is 9.33. The van der Waals surface area contributed by atoms with Crippen LogP contribution in [0.25, 0.3) is 0 Å². The Labute approximate surface area is 195 Å². The zero-order valence-corrected chi connectivity index (χ0v) is 19.5. The number of aliphatic hydroxyl groups is 1. The van der Waals surface area contributed by atoms with Crippen molar-refractivity contribution >= 4 is 12.1 Å². The number of fused-ring (bicyclic) bond motifs is 1. The summed E-state index contributed by atoms with van der Waals surface area (Å²) in [6, 6.07) is 9.62.